The molecule has 0 bridgehead atoms. The van der Waals surface area contributed by atoms with Crippen molar-refractivity contribution in [1.29, 1.82) is 0 Å². The van der Waals surface area contributed by atoms with E-state index < -0.39 is 0 Å². The van der Waals surface area contributed by atoms with Gasteiger partial charge in [0, 0.05) is 25.7 Å². The largest absolute Gasteiger partial charge is 0.333 e. The summed E-state index contributed by atoms with van der Waals surface area (Å²) in [5.41, 5.74) is 3.80. The van der Waals surface area contributed by atoms with E-state index in [1.165, 1.54) is 17.5 Å². The lowest BCUT2D eigenvalue weighted by atomic mass is 10.1. The van der Waals surface area contributed by atoms with Crippen LogP contribution >= 0.6 is 0 Å². The second kappa shape index (κ2) is 7.10. The molecule has 1 N–H and O–H groups in total. The van der Waals surface area contributed by atoms with Gasteiger partial charge in [-0.3, -0.25) is 0 Å². The summed E-state index contributed by atoms with van der Waals surface area (Å²) in [5.74, 6) is 0. The van der Waals surface area contributed by atoms with Crippen LogP contribution in [0.3, 0.4) is 0 Å². The van der Waals surface area contributed by atoms with Gasteiger partial charge in [0.05, 0.1) is 12.0 Å². The zero-order chi connectivity index (χ0) is 13.5. The Morgan fingerprint density at radius 1 is 1.26 bits per heavy atom. The number of benzene rings is 1. The molecule has 1 aromatic carbocycles. The van der Waals surface area contributed by atoms with Crippen molar-refractivity contribution in [2.75, 3.05) is 13.1 Å². The summed E-state index contributed by atoms with van der Waals surface area (Å²) in [4.78, 5) is 4.46. The van der Waals surface area contributed by atoms with Crippen molar-refractivity contribution < 1.29 is 0 Å². The molecule has 1 heterocycles. The zero-order valence-electron chi connectivity index (χ0n) is 11.9. The molecule has 0 aliphatic heterocycles. The van der Waals surface area contributed by atoms with E-state index in [0.717, 1.165) is 31.7 Å². The van der Waals surface area contributed by atoms with Gasteiger partial charge in [-0.05, 0) is 25.5 Å². The minimum absolute atomic E-state index is 0.900. The van der Waals surface area contributed by atoms with Crippen LogP contribution in [0.25, 0.3) is 0 Å². The van der Waals surface area contributed by atoms with Gasteiger partial charge in [-0.1, -0.05) is 36.8 Å². The van der Waals surface area contributed by atoms with Gasteiger partial charge < -0.3 is 9.88 Å². The average molecular weight is 257 g/mol. The molecule has 0 aliphatic carbocycles. The monoisotopic (exact) mass is 257 g/mol. The fourth-order valence-electron chi connectivity index (χ4n) is 2.16. The summed E-state index contributed by atoms with van der Waals surface area (Å²) < 4.78 is 2.16. The third kappa shape index (κ3) is 4.52. The molecule has 2 rings (SSSR count). The molecule has 0 atom stereocenters. The lowest BCUT2D eigenvalue weighted by Crippen LogP contribution is -2.17. The molecule has 0 unspecified atom stereocenters. The van der Waals surface area contributed by atoms with E-state index in [4.69, 9.17) is 0 Å². The topological polar surface area (TPSA) is 29.9 Å². The van der Waals surface area contributed by atoms with Crippen molar-refractivity contribution in [2.45, 2.75) is 33.2 Å². The number of nitrogens with zero attached hydrogens (tertiary/aromatic N) is 2. The van der Waals surface area contributed by atoms with Gasteiger partial charge in [-0.2, -0.15) is 0 Å². The normalized spacial score (nSPS) is 10.8. The highest BCUT2D eigenvalue weighted by Crippen LogP contribution is 2.07. The first kappa shape index (κ1) is 13.8. The van der Waals surface area contributed by atoms with Gasteiger partial charge in [0.2, 0.25) is 0 Å². The Morgan fingerprint density at radius 3 is 2.95 bits per heavy atom. The molecular formula is C16H23N3. The molecule has 3 nitrogen and oxygen atoms in total. The minimum Gasteiger partial charge on any atom is -0.333 e. The van der Waals surface area contributed by atoms with Crippen molar-refractivity contribution in [3.05, 3.63) is 53.6 Å². The smallest absolute Gasteiger partial charge is 0.0952 e. The number of hydrogen-bond donors (Lipinski definition) is 1. The maximum absolute atomic E-state index is 4.46. The van der Waals surface area contributed by atoms with Crippen LogP contribution in [0.2, 0.25) is 0 Å². The fraction of sp³-hybridized carbons (Fsp3) is 0.438. The lowest BCUT2D eigenvalue weighted by Gasteiger charge is -2.03. The zero-order valence-corrected chi connectivity index (χ0v) is 11.9. The highest BCUT2D eigenvalue weighted by atomic mass is 15.0. The van der Waals surface area contributed by atoms with Crippen LogP contribution in [-0.2, 0) is 13.0 Å². The predicted octanol–water partition coefficient (Wildman–Crippen LogP) is 2.78. The average Bonchev–Trinajstić information content (AvgIpc) is 2.82. The molecule has 0 radical (unpaired) electrons. The van der Waals surface area contributed by atoms with E-state index in [1.807, 2.05) is 6.33 Å². The van der Waals surface area contributed by atoms with Gasteiger partial charge in [0.1, 0.15) is 0 Å². The molecule has 1 aromatic heterocycles. The predicted molar refractivity (Wildman–Crippen MR) is 79.4 cm³/mol. The molecule has 102 valence electrons. The SMILES string of the molecule is CCCNCCc1cn(Cc2cccc(C)c2)cn1. The Kier molecular flexibility index (Phi) is 5.16. The van der Waals surface area contributed by atoms with Crippen LogP contribution in [0.1, 0.15) is 30.2 Å². The molecule has 19 heavy (non-hydrogen) atoms. The number of aromatic nitrogens is 2. The van der Waals surface area contributed by atoms with E-state index in [9.17, 15) is 0 Å². The maximum atomic E-state index is 4.46. The maximum Gasteiger partial charge on any atom is 0.0952 e. The molecule has 3 heteroatoms. The highest BCUT2D eigenvalue weighted by Gasteiger charge is 2.00. The number of aryl methyl sites for hydroxylation is 1. The summed E-state index contributed by atoms with van der Waals surface area (Å²) in [6.45, 7) is 7.31. The van der Waals surface area contributed by atoms with Gasteiger partial charge in [0.15, 0.2) is 0 Å². The van der Waals surface area contributed by atoms with E-state index >= 15 is 0 Å². The molecule has 0 aliphatic rings. The quantitative estimate of drug-likeness (QED) is 0.773. The molecule has 0 saturated heterocycles. The second-order valence-electron chi connectivity index (χ2n) is 5.03. The first-order valence-electron chi connectivity index (χ1n) is 7.05. The van der Waals surface area contributed by atoms with Crippen molar-refractivity contribution in [2.24, 2.45) is 0 Å². The van der Waals surface area contributed by atoms with Gasteiger partial charge in [0.25, 0.3) is 0 Å². The number of imidazole rings is 1. The van der Waals surface area contributed by atoms with E-state index in [0.29, 0.717) is 0 Å². The third-order valence-electron chi connectivity index (χ3n) is 3.12. The molecule has 2 aromatic rings. The number of nitrogens with one attached hydrogen (secondary N) is 1. The minimum atomic E-state index is 0.900. The second-order valence-corrected chi connectivity index (χ2v) is 5.03. The molecule has 0 amide bonds. The Hall–Kier alpha value is -1.61. The van der Waals surface area contributed by atoms with Crippen molar-refractivity contribution in [3.8, 4) is 0 Å². The van der Waals surface area contributed by atoms with Crippen LogP contribution in [0.4, 0.5) is 0 Å². The summed E-state index contributed by atoms with van der Waals surface area (Å²) >= 11 is 0. The Morgan fingerprint density at radius 2 is 2.16 bits per heavy atom. The van der Waals surface area contributed by atoms with Gasteiger partial charge in [-0.25, -0.2) is 4.98 Å². The fourth-order valence-corrected chi connectivity index (χ4v) is 2.16. The first-order chi connectivity index (χ1) is 9.28. The van der Waals surface area contributed by atoms with Crippen LogP contribution in [-0.4, -0.2) is 22.6 Å². The summed E-state index contributed by atoms with van der Waals surface area (Å²) in [7, 11) is 0. The van der Waals surface area contributed by atoms with E-state index in [1.54, 1.807) is 0 Å². The Balaban J connectivity index is 1.87. The van der Waals surface area contributed by atoms with Crippen LogP contribution in [0.15, 0.2) is 36.8 Å². The Labute approximate surface area is 115 Å². The van der Waals surface area contributed by atoms with Crippen molar-refractivity contribution in [3.63, 3.8) is 0 Å². The van der Waals surface area contributed by atoms with Gasteiger partial charge >= 0.3 is 0 Å². The van der Waals surface area contributed by atoms with Crippen LogP contribution in [0, 0.1) is 6.92 Å². The van der Waals surface area contributed by atoms with Crippen molar-refractivity contribution >= 4 is 0 Å². The molecule has 0 spiro atoms. The number of hydrogen-bond acceptors (Lipinski definition) is 2. The summed E-state index contributed by atoms with van der Waals surface area (Å²) in [5, 5.41) is 3.40. The Bertz CT molecular complexity index is 502. The lowest BCUT2D eigenvalue weighted by molar-refractivity contribution is 0.666. The van der Waals surface area contributed by atoms with Gasteiger partial charge in [-0.15, -0.1) is 0 Å². The standard InChI is InChI=1S/C16H23N3/c1-3-8-17-9-7-16-12-19(13-18-16)11-15-6-4-5-14(2)10-15/h4-6,10,12-13,17H,3,7-9,11H2,1-2H3. The summed E-state index contributed by atoms with van der Waals surface area (Å²) in [6.07, 6.45) is 6.26. The third-order valence-corrected chi connectivity index (χ3v) is 3.12. The molecule has 0 saturated carbocycles. The molecular weight excluding hydrogens is 234 g/mol. The van der Waals surface area contributed by atoms with E-state index in [-0.39, 0.29) is 0 Å². The van der Waals surface area contributed by atoms with E-state index in [2.05, 4.69) is 59.2 Å². The summed E-state index contributed by atoms with van der Waals surface area (Å²) in [6, 6.07) is 8.62. The van der Waals surface area contributed by atoms with Crippen LogP contribution < -0.4 is 5.32 Å². The molecule has 0 fully saturated rings. The highest BCUT2D eigenvalue weighted by molar-refractivity contribution is 5.22. The first-order valence-corrected chi connectivity index (χ1v) is 7.05. The van der Waals surface area contributed by atoms with Crippen LogP contribution in [0.5, 0.6) is 0 Å². The number of rotatable bonds is 7. The van der Waals surface area contributed by atoms with Crippen molar-refractivity contribution in [1.82, 2.24) is 14.9 Å².